The fraction of sp³-hybridized carbons (Fsp3) is 0.667. The molecule has 18 heavy (non-hydrogen) atoms. The van der Waals surface area contributed by atoms with Crippen molar-refractivity contribution >= 4 is 43.8 Å². The van der Waals surface area contributed by atoms with E-state index < -0.39 is 22.8 Å². The Hall–Kier alpha value is -0.360. The van der Waals surface area contributed by atoms with Crippen LogP contribution in [0.25, 0.3) is 0 Å². The van der Waals surface area contributed by atoms with Crippen molar-refractivity contribution in [2.24, 2.45) is 10.8 Å². The summed E-state index contributed by atoms with van der Waals surface area (Å²) in [5.41, 5.74) is -1.80. The van der Waals surface area contributed by atoms with Crippen molar-refractivity contribution in [3.8, 4) is 0 Å². The molecule has 0 aromatic carbocycles. The zero-order valence-electron chi connectivity index (χ0n) is 10.9. The highest BCUT2D eigenvalue weighted by Gasteiger charge is 2.31. The highest BCUT2D eigenvalue weighted by molar-refractivity contribution is 9.14. The van der Waals surface area contributed by atoms with E-state index in [1.54, 1.807) is 27.7 Å². The minimum Gasteiger partial charge on any atom is -0.481 e. The fourth-order valence-electron chi connectivity index (χ4n) is 1.12. The molecular formula is C12H18Br2O4. The van der Waals surface area contributed by atoms with Gasteiger partial charge < -0.3 is 10.2 Å². The van der Waals surface area contributed by atoms with Crippen molar-refractivity contribution in [3.63, 3.8) is 0 Å². The lowest BCUT2D eigenvalue weighted by Gasteiger charge is -2.22. The van der Waals surface area contributed by atoms with Gasteiger partial charge in [0, 0.05) is 8.96 Å². The Balaban J connectivity index is 4.95. The van der Waals surface area contributed by atoms with E-state index in [1.807, 2.05) is 0 Å². The van der Waals surface area contributed by atoms with Crippen LogP contribution in [0.4, 0.5) is 0 Å². The highest BCUT2D eigenvalue weighted by atomic mass is 79.9. The van der Waals surface area contributed by atoms with Gasteiger partial charge in [0.15, 0.2) is 0 Å². The molecule has 0 fully saturated rings. The van der Waals surface area contributed by atoms with Gasteiger partial charge in [0.05, 0.1) is 10.8 Å². The number of carboxylic acid groups (broad SMARTS) is 2. The molecule has 0 amide bonds. The van der Waals surface area contributed by atoms with Crippen LogP contribution in [-0.4, -0.2) is 22.2 Å². The van der Waals surface area contributed by atoms with Crippen LogP contribution in [0.1, 0.15) is 40.5 Å². The summed E-state index contributed by atoms with van der Waals surface area (Å²) >= 11 is 6.65. The second-order valence-electron chi connectivity index (χ2n) is 5.54. The van der Waals surface area contributed by atoms with Gasteiger partial charge in [-0.1, -0.05) is 31.9 Å². The van der Waals surface area contributed by atoms with Gasteiger partial charge in [-0.2, -0.15) is 0 Å². The molecule has 0 aromatic rings. The van der Waals surface area contributed by atoms with E-state index in [0.29, 0.717) is 21.8 Å². The average Bonchev–Trinajstić information content (AvgIpc) is 2.15. The maximum atomic E-state index is 11.0. The van der Waals surface area contributed by atoms with Crippen LogP contribution in [0.2, 0.25) is 0 Å². The number of hydrogen-bond acceptors (Lipinski definition) is 2. The van der Waals surface area contributed by atoms with E-state index in [1.165, 1.54) is 0 Å². The van der Waals surface area contributed by atoms with Crippen molar-refractivity contribution < 1.29 is 19.8 Å². The number of carbonyl (C=O) groups is 2. The molecule has 0 spiro atoms. The van der Waals surface area contributed by atoms with Gasteiger partial charge >= 0.3 is 11.9 Å². The maximum Gasteiger partial charge on any atom is 0.309 e. The zero-order chi connectivity index (χ0) is 14.7. The molecule has 2 N–H and O–H groups in total. The number of allylic oxidation sites excluding steroid dienone is 2. The maximum absolute atomic E-state index is 11.0. The van der Waals surface area contributed by atoms with Crippen molar-refractivity contribution in [2.45, 2.75) is 40.5 Å². The summed E-state index contributed by atoms with van der Waals surface area (Å²) in [4.78, 5) is 22.0. The second-order valence-corrected chi connectivity index (χ2v) is 7.46. The molecule has 4 nitrogen and oxygen atoms in total. The molecule has 0 aliphatic heterocycles. The van der Waals surface area contributed by atoms with Crippen LogP contribution in [0.15, 0.2) is 8.96 Å². The minimum absolute atomic E-state index is 0.304. The van der Waals surface area contributed by atoms with Gasteiger partial charge in [0.25, 0.3) is 0 Å². The van der Waals surface area contributed by atoms with Crippen LogP contribution in [0.5, 0.6) is 0 Å². The Bertz CT molecular complexity index is 348. The van der Waals surface area contributed by atoms with Gasteiger partial charge in [-0.3, -0.25) is 9.59 Å². The number of halogens is 2. The van der Waals surface area contributed by atoms with Crippen LogP contribution in [0.3, 0.4) is 0 Å². The van der Waals surface area contributed by atoms with Crippen LogP contribution >= 0.6 is 31.9 Å². The average molecular weight is 386 g/mol. The Labute approximate surface area is 124 Å². The first kappa shape index (κ1) is 17.6. The smallest absolute Gasteiger partial charge is 0.309 e. The first-order chi connectivity index (χ1) is 7.90. The zero-order valence-corrected chi connectivity index (χ0v) is 14.1. The molecule has 0 radical (unpaired) electrons. The van der Waals surface area contributed by atoms with E-state index in [0.717, 1.165) is 0 Å². The monoisotopic (exact) mass is 384 g/mol. The van der Waals surface area contributed by atoms with Crippen LogP contribution < -0.4 is 0 Å². The predicted molar refractivity (Wildman–Crippen MR) is 76.9 cm³/mol. The second kappa shape index (κ2) is 6.19. The molecule has 0 atom stereocenters. The molecule has 6 heteroatoms. The third kappa shape index (κ3) is 5.10. The third-order valence-corrected chi connectivity index (χ3v) is 4.70. The molecule has 0 aliphatic carbocycles. The molecule has 0 rings (SSSR count). The van der Waals surface area contributed by atoms with Gasteiger partial charge in [-0.25, -0.2) is 0 Å². The van der Waals surface area contributed by atoms with Crippen molar-refractivity contribution in [3.05, 3.63) is 8.96 Å². The van der Waals surface area contributed by atoms with E-state index in [2.05, 4.69) is 31.9 Å². The van der Waals surface area contributed by atoms with Gasteiger partial charge in [0.2, 0.25) is 0 Å². The molecular weight excluding hydrogens is 368 g/mol. The molecule has 0 aromatic heterocycles. The topological polar surface area (TPSA) is 74.6 Å². The van der Waals surface area contributed by atoms with E-state index in [4.69, 9.17) is 10.2 Å². The SMILES string of the molecule is CC(C)(C/C(Br)=C(\Br)CC(C)(C)C(=O)O)C(=O)O. The summed E-state index contributed by atoms with van der Waals surface area (Å²) in [7, 11) is 0. The number of carboxylic acids is 2. The Morgan fingerprint density at radius 2 is 1.06 bits per heavy atom. The van der Waals surface area contributed by atoms with Gasteiger partial charge in [0.1, 0.15) is 0 Å². The summed E-state index contributed by atoms with van der Waals surface area (Å²) < 4.78 is 1.37. The molecule has 0 aliphatic rings. The minimum atomic E-state index is -0.898. The van der Waals surface area contributed by atoms with Crippen LogP contribution in [0, 0.1) is 10.8 Å². The van der Waals surface area contributed by atoms with E-state index >= 15 is 0 Å². The summed E-state index contributed by atoms with van der Waals surface area (Å²) in [6, 6.07) is 0. The van der Waals surface area contributed by atoms with Crippen molar-refractivity contribution in [2.75, 3.05) is 0 Å². The molecule has 0 heterocycles. The summed E-state index contributed by atoms with van der Waals surface area (Å²) in [5, 5.41) is 18.1. The standard InChI is InChI=1S/C12H18Br2O4/c1-11(2,9(15)16)5-7(13)8(14)6-12(3,4)10(17)18/h5-6H2,1-4H3,(H,15,16)(H,17,18)/b8-7+. The molecule has 0 saturated carbocycles. The third-order valence-electron chi connectivity index (χ3n) is 2.65. The normalized spacial score (nSPS) is 14.1. The highest BCUT2D eigenvalue weighted by Crippen LogP contribution is 2.37. The van der Waals surface area contributed by atoms with Crippen molar-refractivity contribution in [1.29, 1.82) is 0 Å². The van der Waals surface area contributed by atoms with E-state index in [-0.39, 0.29) is 0 Å². The Morgan fingerprint density at radius 1 is 0.833 bits per heavy atom. The van der Waals surface area contributed by atoms with Crippen LogP contribution in [-0.2, 0) is 9.59 Å². The number of hydrogen-bond donors (Lipinski definition) is 2. The molecule has 0 bridgehead atoms. The first-order valence-electron chi connectivity index (χ1n) is 5.40. The lowest BCUT2D eigenvalue weighted by molar-refractivity contribution is -0.147. The summed E-state index contributed by atoms with van der Waals surface area (Å²) in [6.45, 7) is 6.50. The van der Waals surface area contributed by atoms with Crippen molar-refractivity contribution in [1.82, 2.24) is 0 Å². The fourth-order valence-corrected chi connectivity index (χ4v) is 2.80. The lowest BCUT2D eigenvalue weighted by atomic mass is 9.86. The number of aliphatic carboxylic acids is 2. The number of rotatable bonds is 6. The molecule has 104 valence electrons. The first-order valence-corrected chi connectivity index (χ1v) is 6.98. The quantitative estimate of drug-likeness (QED) is 0.724. The summed E-state index contributed by atoms with van der Waals surface area (Å²) in [6.07, 6.45) is 0.608. The van der Waals surface area contributed by atoms with Gasteiger partial charge in [-0.15, -0.1) is 0 Å². The van der Waals surface area contributed by atoms with E-state index in [9.17, 15) is 9.59 Å². The molecule has 0 saturated heterocycles. The summed E-state index contributed by atoms with van der Waals surface area (Å²) in [5.74, 6) is -1.78. The Morgan fingerprint density at radius 3 is 1.22 bits per heavy atom. The van der Waals surface area contributed by atoms with Gasteiger partial charge in [-0.05, 0) is 40.5 Å². The largest absolute Gasteiger partial charge is 0.481 e. The lowest BCUT2D eigenvalue weighted by Crippen LogP contribution is -2.25. The Kier molecular flexibility index (Phi) is 6.07. The predicted octanol–water partition coefficient (Wildman–Crippen LogP) is 3.99. The molecule has 0 unspecified atom stereocenters.